The Morgan fingerprint density at radius 2 is 1.82 bits per heavy atom. The van der Waals surface area contributed by atoms with Crippen molar-refractivity contribution in [3.63, 3.8) is 0 Å². The van der Waals surface area contributed by atoms with Crippen molar-refractivity contribution in [3.8, 4) is 0 Å². The normalized spacial score (nSPS) is 18.2. The number of hydrogen-bond donors (Lipinski definition) is 2. The van der Waals surface area contributed by atoms with Crippen LogP contribution in [0.1, 0.15) is 26.2 Å². The minimum atomic E-state index is 0.536. The summed E-state index contributed by atoms with van der Waals surface area (Å²) in [7, 11) is 1.70. The first-order chi connectivity index (χ1) is 13.7. The Bertz CT molecular complexity index is 633. The lowest BCUT2D eigenvalue weighted by Crippen LogP contribution is -2.38. The lowest BCUT2D eigenvalue weighted by molar-refractivity contribution is 0.122. The van der Waals surface area contributed by atoms with E-state index in [4.69, 9.17) is 31.7 Å². The van der Waals surface area contributed by atoms with Gasteiger partial charge >= 0.3 is 0 Å². The molecule has 9 heteroatoms. The van der Waals surface area contributed by atoms with Gasteiger partial charge in [-0.15, -0.1) is 0 Å². The number of thiocarbonyl (C=S) groups is 1. The number of piperidine rings is 1. The number of morpholine rings is 1. The average Bonchev–Trinajstić information content (AvgIpc) is 2.72. The second-order valence-corrected chi connectivity index (χ2v) is 7.81. The summed E-state index contributed by atoms with van der Waals surface area (Å²) in [5.74, 6) is 3.21. The highest BCUT2D eigenvalue weighted by Gasteiger charge is 2.21. The highest BCUT2D eigenvalue weighted by Crippen LogP contribution is 2.26. The molecule has 2 aliphatic rings. The van der Waals surface area contributed by atoms with Crippen LogP contribution in [0.25, 0.3) is 0 Å². The van der Waals surface area contributed by atoms with Gasteiger partial charge in [-0.2, -0.15) is 9.97 Å². The van der Waals surface area contributed by atoms with E-state index in [0.717, 1.165) is 69.9 Å². The monoisotopic (exact) mass is 408 g/mol. The van der Waals surface area contributed by atoms with Crippen LogP contribution in [0, 0.1) is 5.92 Å². The van der Waals surface area contributed by atoms with Gasteiger partial charge in [0.15, 0.2) is 5.11 Å². The fourth-order valence-electron chi connectivity index (χ4n) is 3.40. The van der Waals surface area contributed by atoms with Gasteiger partial charge < -0.3 is 29.9 Å². The number of hydrogen-bond acceptors (Lipinski definition) is 7. The van der Waals surface area contributed by atoms with E-state index in [9.17, 15) is 0 Å². The molecule has 2 N–H and O–H groups in total. The Hall–Kier alpha value is -1.71. The third-order valence-corrected chi connectivity index (χ3v) is 5.42. The molecule has 2 aliphatic heterocycles. The first kappa shape index (κ1) is 21.0. The lowest BCUT2D eigenvalue weighted by Gasteiger charge is -2.33. The standard InChI is InChI=1S/C19H32N6O2S/c1-15-4-7-24(8-5-15)16-14-17(25-9-12-27-13-10-25)22-18(21-16)23-19(28)20-6-3-11-26-2/h14-15H,3-13H2,1-2H3,(H2,20,21,22,23,28). The van der Waals surface area contributed by atoms with Crippen molar-refractivity contribution in [2.75, 3.05) is 74.8 Å². The minimum Gasteiger partial charge on any atom is -0.385 e. The van der Waals surface area contributed by atoms with Gasteiger partial charge in [-0.25, -0.2) is 0 Å². The van der Waals surface area contributed by atoms with Crippen LogP contribution in [0.15, 0.2) is 6.07 Å². The molecular formula is C19H32N6O2S. The molecular weight excluding hydrogens is 376 g/mol. The van der Waals surface area contributed by atoms with E-state index in [1.165, 1.54) is 12.8 Å². The van der Waals surface area contributed by atoms with E-state index in [-0.39, 0.29) is 0 Å². The van der Waals surface area contributed by atoms with Crippen LogP contribution in [0.3, 0.4) is 0 Å². The number of methoxy groups -OCH3 is 1. The first-order valence-corrected chi connectivity index (χ1v) is 10.6. The summed E-state index contributed by atoms with van der Waals surface area (Å²) >= 11 is 5.41. The molecule has 0 bridgehead atoms. The largest absolute Gasteiger partial charge is 0.385 e. The van der Waals surface area contributed by atoms with Crippen molar-refractivity contribution in [3.05, 3.63) is 6.07 Å². The molecule has 0 amide bonds. The van der Waals surface area contributed by atoms with Crippen molar-refractivity contribution in [2.24, 2.45) is 5.92 Å². The summed E-state index contributed by atoms with van der Waals surface area (Å²) in [6.07, 6.45) is 3.28. The van der Waals surface area contributed by atoms with Crippen molar-refractivity contribution < 1.29 is 9.47 Å². The number of rotatable bonds is 7. The molecule has 1 aromatic rings. The Kier molecular flexibility index (Phi) is 8.05. The quantitative estimate of drug-likeness (QED) is 0.519. The average molecular weight is 409 g/mol. The maximum Gasteiger partial charge on any atom is 0.232 e. The van der Waals surface area contributed by atoms with Gasteiger partial charge in [-0.05, 0) is 37.4 Å². The second-order valence-electron chi connectivity index (χ2n) is 7.40. The third-order valence-electron chi connectivity index (χ3n) is 5.18. The Labute approximate surface area is 173 Å². The maximum absolute atomic E-state index is 5.49. The smallest absolute Gasteiger partial charge is 0.232 e. The van der Waals surface area contributed by atoms with Gasteiger partial charge in [-0.3, -0.25) is 0 Å². The van der Waals surface area contributed by atoms with E-state index in [1.54, 1.807) is 7.11 Å². The number of ether oxygens (including phenoxy) is 2. The molecule has 2 saturated heterocycles. The summed E-state index contributed by atoms with van der Waals surface area (Å²) in [6, 6.07) is 2.10. The van der Waals surface area contributed by atoms with E-state index in [2.05, 4.69) is 33.4 Å². The molecule has 28 heavy (non-hydrogen) atoms. The van der Waals surface area contributed by atoms with Gasteiger partial charge in [0.05, 0.1) is 13.2 Å². The van der Waals surface area contributed by atoms with Gasteiger partial charge in [0.25, 0.3) is 0 Å². The molecule has 0 aromatic carbocycles. The summed E-state index contributed by atoms with van der Waals surface area (Å²) in [4.78, 5) is 14.1. The number of aromatic nitrogens is 2. The third kappa shape index (κ3) is 6.15. The zero-order valence-corrected chi connectivity index (χ0v) is 17.8. The molecule has 0 spiro atoms. The Balaban J connectivity index is 1.72. The summed E-state index contributed by atoms with van der Waals surface area (Å²) in [5, 5.41) is 6.88. The van der Waals surface area contributed by atoms with Gasteiger partial charge in [0.2, 0.25) is 5.95 Å². The van der Waals surface area contributed by atoms with E-state index in [1.807, 2.05) is 0 Å². The zero-order valence-electron chi connectivity index (χ0n) is 16.9. The molecule has 0 radical (unpaired) electrons. The molecule has 0 unspecified atom stereocenters. The molecule has 156 valence electrons. The zero-order chi connectivity index (χ0) is 19.8. The van der Waals surface area contributed by atoms with Gasteiger partial charge in [0.1, 0.15) is 11.6 Å². The number of nitrogens with zero attached hydrogens (tertiary/aromatic N) is 4. The maximum atomic E-state index is 5.49. The van der Waals surface area contributed by atoms with Crippen molar-refractivity contribution in [1.82, 2.24) is 15.3 Å². The van der Waals surface area contributed by atoms with E-state index in [0.29, 0.717) is 17.7 Å². The van der Waals surface area contributed by atoms with Gasteiger partial charge in [0, 0.05) is 52.5 Å². The van der Waals surface area contributed by atoms with E-state index < -0.39 is 0 Å². The lowest BCUT2D eigenvalue weighted by atomic mass is 9.99. The summed E-state index contributed by atoms with van der Waals surface area (Å²) in [5.41, 5.74) is 0. The van der Waals surface area contributed by atoms with Crippen molar-refractivity contribution in [2.45, 2.75) is 26.2 Å². The van der Waals surface area contributed by atoms with Crippen LogP contribution in [0.2, 0.25) is 0 Å². The fourth-order valence-corrected chi connectivity index (χ4v) is 3.59. The van der Waals surface area contributed by atoms with Crippen LogP contribution < -0.4 is 20.4 Å². The van der Waals surface area contributed by atoms with Crippen molar-refractivity contribution >= 4 is 34.9 Å². The fraction of sp³-hybridized carbons (Fsp3) is 0.737. The molecule has 2 fully saturated rings. The van der Waals surface area contributed by atoms with Crippen molar-refractivity contribution in [1.29, 1.82) is 0 Å². The topological polar surface area (TPSA) is 74.8 Å². The SMILES string of the molecule is COCCCNC(=S)Nc1nc(N2CCOCC2)cc(N2CCC(C)CC2)n1. The molecule has 0 aliphatic carbocycles. The molecule has 3 heterocycles. The van der Waals surface area contributed by atoms with Crippen LogP contribution in [-0.2, 0) is 9.47 Å². The van der Waals surface area contributed by atoms with Gasteiger partial charge in [-0.1, -0.05) is 6.92 Å². The highest BCUT2D eigenvalue weighted by molar-refractivity contribution is 7.80. The Morgan fingerprint density at radius 3 is 2.46 bits per heavy atom. The highest BCUT2D eigenvalue weighted by atomic mass is 32.1. The van der Waals surface area contributed by atoms with Crippen LogP contribution in [0.5, 0.6) is 0 Å². The first-order valence-electron chi connectivity index (χ1n) is 10.2. The number of nitrogens with one attached hydrogen (secondary N) is 2. The van der Waals surface area contributed by atoms with Crippen LogP contribution >= 0.6 is 12.2 Å². The predicted octanol–water partition coefficient (Wildman–Crippen LogP) is 1.87. The minimum absolute atomic E-state index is 0.536. The predicted molar refractivity (Wildman–Crippen MR) is 116 cm³/mol. The second kappa shape index (κ2) is 10.7. The molecule has 0 atom stereocenters. The van der Waals surface area contributed by atoms with Crippen LogP contribution in [-0.4, -0.2) is 74.7 Å². The number of anilines is 3. The Morgan fingerprint density at radius 1 is 1.18 bits per heavy atom. The summed E-state index contributed by atoms with van der Waals surface area (Å²) in [6.45, 7) is 8.96. The summed E-state index contributed by atoms with van der Waals surface area (Å²) < 4.78 is 10.6. The van der Waals surface area contributed by atoms with Crippen LogP contribution in [0.4, 0.5) is 17.6 Å². The molecule has 3 rings (SSSR count). The molecule has 1 aromatic heterocycles. The van der Waals surface area contributed by atoms with E-state index >= 15 is 0 Å². The molecule has 8 nitrogen and oxygen atoms in total. The molecule has 0 saturated carbocycles.